The molecule has 0 radical (unpaired) electrons. The van der Waals surface area contributed by atoms with Crippen molar-refractivity contribution < 1.29 is 9.53 Å². The van der Waals surface area contributed by atoms with Crippen LogP contribution in [-0.2, 0) is 9.53 Å². The standard InChI is InChI=1S/C15H17N3O2/c1-8-13(16)18-11-6-4-3-5-9(11)10-7-12(15(19)20-2)17(8)14(10)18/h3-6,8,10,12,14,16H,7H2,1-2H3/t8-,10+,12+,14-/m1/s1. The van der Waals surface area contributed by atoms with E-state index in [1.54, 1.807) is 0 Å². The number of para-hydroxylation sites is 1. The summed E-state index contributed by atoms with van der Waals surface area (Å²) in [6, 6.07) is 7.97. The smallest absolute Gasteiger partial charge is 0.323 e. The summed E-state index contributed by atoms with van der Waals surface area (Å²) in [4.78, 5) is 16.3. The minimum absolute atomic E-state index is 0.0394. The van der Waals surface area contributed by atoms with Crippen LogP contribution >= 0.6 is 0 Å². The van der Waals surface area contributed by atoms with E-state index in [4.69, 9.17) is 10.1 Å². The Kier molecular flexibility index (Phi) is 2.27. The van der Waals surface area contributed by atoms with Gasteiger partial charge in [0.25, 0.3) is 0 Å². The van der Waals surface area contributed by atoms with Gasteiger partial charge in [-0.3, -0.25) is 15.1 Å². The molecule has 3 aliphatic heterocycles. The number of amidine groups is 1. The molecule has 0 aliphatic carbocycles. The highest BCUT2D eigenvalue weighted by molar-refractivity contribution is 6.05. The Morgan fingerprint density at radius 3 is 2.90 bits per heavy atom. The number of hydrogen-bond acceptors (Lipinski definition) is 4. The fraction of sp³-hybridized carbons (Fsp3) is 0.467. The third-order valence-electron chi connectivity index (χ3n) is 4.94. The molecule has 0 spiro atoms. The molecule has 2 fully saturated rings. The number of nitrogens with zero attached hydrogens (tertiary/aromatic N) is 2. The van der Waals surface area contributed by atoms with Crippen LogP contribution in [0.25, 0.3) is 0 Å². The molecule has 1 N–H and O–H groups in total. The lowest BCUT2D eigenvalue weighted by Gasteiger charge is -2.25. The molecule has 0 unspecified atom stereocenters. The van der Waals surface area contributed by atoms with Crippen LogP contribution in [-0.4, -0.2) is 42.1 Å². The zero-order valence-corrected chi connectivity index (χ0v) is 11.5. The summed E-state index contributed by atoms with van der Waals surface area (Å²) in [5.74, 6) is 0.692. The third kappa shape index (κ3) is 1.21. The number of esters is 1. The van der Waals surface area contributed by atoms with Crippen molar-refractivity contribution in [3.05, 3.63) is 29.8 Å². The summed E-state index contributed by atoms with van der Waals surface area (Å²) in [6.07, 6.45) is 0.890. The minimum Gasteiger partial charge on any atom is -0.468 e. The van der Waals surface area contributed by atoms with E-state index >= 15 is 0 Å². The molecule has 1 aromatic rings. The van der Waals surface area contributed by atoms with Gasteiger partial charge in [-0.05, 0) is 25.0 Å². The molecule has 0 aromatic heterocycles. The van der Waals surface area contributed by atoms with Crippen LogP contribution in [0.5, 0.6) is 0 Å². The van der Waals surface area contributed by atoms with Gasteiger partial charge in [-0.1, -0.05) is 18.2 Å². The van der Waals surface area contributed by atoms with Crippen molar-refractivity contribution in [2.75, 3.05) is 12.0 Å². The van der Waals surface area contributed by atoms with Gasteiger partial charge in [-0.25, -0.2) is 0 Å². The highest BCUT2D eigenvalue weighted by atomic mass is 16.5. The van der Waals surface area contributed by atoms with Crippen LogP contribution in [0, 0.1) is 5.41 Å². The van der Waals surface area contributed by atoms with Gasteiger partial charge in [-0.15, -0.1) is 0 Å². The molecular formula is C15H17N3O2. The molecule has 0 saturated carbocycles. The average molecular weight is 271 g/mol. The predicted molar refractivity (Wildman–Crippen MR) is 74.9 cm³/mol. The van der Waals surface area contributed by atoms with Crippen molar-refractivity contribution in [1.29, 1.82) is 5.41 Å². The molecule has 0 bridgehead atoms. The lowest BCUT2D eigenvalue weighted by atomic mass is 9.96. The Balaban J connectivity index is 1.85. The maximum atomic E-state index is 12.0. The van der Waals surface area contributed by atoms with Crippen LogP contribution in [0.2, 0.25) is 0 Å². The van der Waals surface area contributed by atoms with Crippen molar-refractivity contribution >= 4 is 17.5 Å². The number of benzene rings is 1. The number of methoxy groups -OCH3 is 1. The third-order valence-corrected chi connectivity index (χ3v) is 4.94. The molecule has 3 aliphatic rings. The molecule has 2 saturated heterocycles. The van der Waals surface area contributed by atoms with E-state index in [-0.39, 0.29) is 24.2 Å². The molecule has 5 heteroatoms. The Bertz CT molecular complexity index is 615. The number of hydrogen-bond donors (Lipinski definition) is 1. The van der Waals surface area contributed by atoms with Gasteiger partial charge in [0.2, 0.25) is 0 Å². The van der Waals surface area contributed by atoms with Gasteiger partial charge in [0.1, 0.15) is 11.9 Å². The van der Waals surface area contributed by atoms with E-state index in [1.165, 1.54) is 12.7 Å². The summed E-state index contributed by atoms with van der Waals surface area (Å²) in [5, 5.41) is 8.39. The molecule has 5 nitrogen and oxygen atoms in total. The van der Waals surface area contributed by atoms with E-state index in [1.807, 2.05) is 19.1 Å². The summed E-state index contributed by atoms with van der Waals surface area (Å²) < 4.78 is 4.95. The molecule has 4 rings (SSSR count). The van der Waals surface area contributed by atoms with Crippen LogP contribution in [0.4, 0.5) is 5.69 Å². The van der Waals surface area contributed by atoms with Gasteiger partial charge in [0.15, 0.2) is 0 Å². The molecule has 20 heavy (non-hydrogen) atoms. The van der Waals surface area contributed by atoms with Crippen LogP contribution in [0.1, 0.15) is 24.8 Å². The number of carbonyl (C=O) groups excluding carboxylic acids is 1. The number of rotatable bonds is 1. The largest absolute Gasteiger partial charge is 0.468 e. The van der Waals surface area contributed by atoms with E-state index in [9.17, 15) is 4.79 Å². The van der Waals surface area contributed by atoms with Gasteiger partial charge in [0, 0.05) is 11.6 Å². The Hall–Kier alpha value is -1.88. The van der Waals surface area contributed by atoms with E-state index in [0.717, 1.165) is 12.1 Å². The number of anilines is 1. The number of fused-ring (bicyclic) bond motifs is 3. The second-order valence-corrected chi connectivity index (χ2v) is 5.73. The van der Waals surface area contributed by atoms with Crippen molar-refractivity contribution in [3.8, 4) is 0 Å². The van der Waals surface area contributed by atoms with Crippen LogP contribution in [0.15, 0.2) is 24.3 Å². The Morgan fingerprint density at radius 1 is 1.40 bits per heavy atom. The molecular weight excluding hydrogens is 254 g/mol. The molecule has 0 amide bonds. The van der Waals surface area contributed by atoms with Crippen LogP contribution < -0.4 is 4.90 Å². The fourth-order valence-corrected chi connectivity index (χ4v) is 4.11. The van der Waals surface area contributed by atoms with E-state index < -0.39 is 0 Å². The van der Waals surface area contributed by atoms with Gasteiger partial charge >= 0.3 is 5.97 Å². The minimum atomic E-state index is -0.233. The number of ether oxygens (including phenoxy) is 1. The summed E-state index contributed by atoms with van der Waals surface area (Å²) in [6.45, 7) is 2.00. The van der Waals surface area contributed by atoms with Crippen molar-refractivity contribution in [1.82, 2.24) is 4.90 Å². The highest BCUT2D eigenvalue weighted by Gasteiger charge is 2.60. The monoisotopic (exact) mass is 271 g/mol. The molecule has 104 valence electrons. The van der Waals surface area contributed by atoms with Crippen molar-refractivity contribution in [3.63, 3.8) is 0 Å². The summed E-state index contributed by atoms with van der Waals surface area (Å²) >= 11 is 0. The maximum absolute atomic E-state index is 12.0. The van der Waals surface area contributed by atoms with E-state index in [2.05, 4.69) is 21.9 Å². The lowest BCUT2D eigenvalue weighted by molar-refractivity contribution is -0.146. The first-order valence-electron chi connectivity index (χ1n) is 6.97. The average Bonchev–Trinajstić information content (AvgIpc) is 3.07. The second-order valence-electron chi connectivity index (χ2n) is 5.73. The van der Waals surface area contributed by atoms with Gasteiger partial charge in [0.05, 0.1) is 19.3 Å². The molecule has 4 atom stereocenters. The SMILES string of the molecule is COC(=O)[C@@H]1C[C@H]2c3ccccc3N3C(=N)[C@@H](C)N1[C@@H]23. The summed E-state index contributed by atoms with van der Waals surface area (Å²) in [5.41, 5.74) is 2.38. The first-order valence-corrected chi connectivity index (χ1v) is 6.97. The number of carbonyl (C=O) groups is 1. The maximum Gasteiger partial charge on any atom is 0.323 e. The molecule has 1 aromatic carbocycles. The quantitative estimate of drug-likeness (QED) is 0.787. The van der Waals surface area contributed by atoms with E-state index in [0.29, 0.717) is 11.8 Å². The Morgan fingerprint density at radius 2 is 2.15 bits per heavy atom. The zero-order chi connectivity index (χ0) is 14.0. The van der Waals surface area contributed by atoms with Gasteiger partial charge < -0.3 is 9.64 Å². The molecule has 3 heterocycles. The first-order chi connectivity index (χ1) is 9.65. The first kappa shape index (κ1) is 11.9. The normalized spacial score (nSPS) is 34.3. The predicted octanol–water partition coefficient (Wildman–Crippen LogP) is 1.54. The fourth-order valence-electron chi connectivity index (χ4n) is 4.11. The van der Waals surface area contributed by atoms with Gasteiger partial charge in [-0.2, -0.15) is 0 Å². The zero-order valence-electron chi connectivity index (χ0n) is 11.5. The van der Waals surface area contributed by atoms with Crippen molar-refractivity contribution in [2.45, 2.75) is 37.5 Å². The second kappa shape index (κ2) is 3.82. The Labute approximate surface area is 117 Å². The topological polar surface area (TPSA) is 56.6 Å². The summed E-state index contributed by atoms with van der Waals surface area (Å²) in [7, 11) is 1.44. The highest BCUT2D eigenvalue weighted by Crippen LogP contribution is 2.53. The van der Waals surface area contributed by atoms with Crippen molar-refractivity contribution in [2.24, 2.45) is 0 Å². The number of nitrogens with one attached hydrogen (secondary N) is 1. The lowest BCUT2D eigenvalue weighted by Crippen LogP contribution is -2.43. The van der Waals surface area contributed by atoms with Crippen LogP contribution in [0.3, 0.4) is 0 Å².